The summed E-state index contributed by atoms with van der Waals surface area (Å²) in [5.41, 5.74) is -0.445. The molecule has 3 aromatic rings. The highest BCUT2D eigenvalue weighted by atomic mass is 32.2. The number of hydrogen-bond donors (Lipinski definition) is 2. The van der Waals surface area contributed by atoms with Crippen molar-refractivity contribution in [2.24, 2.45) is 0 Å². The molecule has 2 aromatic carbocycles. The van der Waals surface area contributed by atoms with E-state index < -0.39 is 27.7 Å². The molecule has 0 bridgehead atoms. The van der Waals surface area contributed by atoms with Gasteiger partial charge in [-0.3, -0.25) is 4.72 Å². The molecule has 0 unspecified atom stereocenters. The van der Waals surface area contributed by atoms with Crippen LogP contribution in [0.3, 0.4) is 0 Å². The van der Waals surface area contributed by atoms with E-state index in [0.717, 1.165) is 0 Å². The van der Waals surface area contributed by atoms with Crippen molar-refractivity contribution in [2.45, 2.75) is 6.42 Å². The van der Waals surface area contributed by atoms with E-state index in [2.05, 4.69) is 4.72 Å². The fourth-order valence-electron chi connectivity index (χ4n) is 2.71. The molecule has 0 fully saturated rings. The van der Waals surface area contributed by atoms with Crippen molar-refractivity contribution in [1.29, 1.82) is 0 Å². The van der Waals surface area contributed by atoms with E-state index >= 15 is 0 Å². The average molecular weight is 449 g/mol. The molecule has 0 aliphatic rings. The van der Waals surface area contributed by atoms with Gasteiger partial charge in [-0.25, -0.2) is 18.7 Å². The first kappa shape index (κ1) is 22.2. The summed E-state index contributed by atoms with van der Waals surface area (Å²) >= 11 is 0. The van der Waals surface area contributed by atoms with Crippen LogP contribution in [-0.2, 0) is 16.6 Å². The summed E-state index contributed by atoms with van der Waals surface area (Å²) < 4.78 is 52.6. The number of hydrogen-bond acceptors (Lipinski definition) is 6. The van der Waals surface area contributed by atoms with Crippen molar-refractivity contribution in [1.82, 2.24) is 9.62 Å². The molecule has 0 saturated heterocycles. The van der Waals surface area contributed by atoms with E-state index in [9.17, 15) is 22.4 Å². The Hall–Kier alpha value is -3.44. The first-order valence-corrected chi connectivity index (χ1v) is 10.5. The van der Waals surface area contributed by atoms with Crippen LogP contribution in [0.15, 0.2) is 51.7 Å². The number of carbonyl (C=O) groups excluding carboxylic acids is 1. The van der Waals surface area contributed by atoms with Crippen molar-refractivity contribution in [3.63, 3.8) is 0 Å². The van der Waals surface area contributed by atoms with Gasteiger partial charge in [0.2, 0.25) is 0 Å². The van der Waals surface area contributed by atoms with Crippen molar-refractivity contribution >= 4 is 33.0 Å². The molecule has 0 atom stereocenters. The van der Waals surface area contributed by atoms with E-state index in [4.69, 9.17) is 9.15 Å². The van der Waals surface area contributed by atoms with Gasteiger partial charge in [-0.15, -0.1) is 0 Å². The van der Waals surface area contributed by atoms with Crippen LogP contribution < -0.4 is 19.8 Å². The molecule has 0 saturated carbocycles. The Morgan fingerprint density at radius 1 is 1.16 bits per heavy atom. The normalized spacial score (nSPS) is 11.4. The zero-order valence-corrected chi connectivity index (χ0v) is 17.7. The second-order valence-corrected chi connectivity index (χ2v) is 8.41. The Bertz CT molecular complexity index is 1300. The Kier molecular flexibility index (Phi) is 6.27. The zero-order chi connectivity index (χ0) is 22.8. The van der Waals surface area contributed by atoms with Crippen molar-refractivity contribution in [3.8, 4) is 5.75 Å². The molecule has 3 rings (SSSR count). The van der Waals surface area contributed by atoms with Crippen LogP contribution in [0.4, 0.5) is 14.9 Å². The predicted octanol–water partition coefficient (Wildman–Crippen LogP) is 2.46. The topological polar surface area (TPSA) is 118 Å². The van der Waals surface area contributed by atoms with E-state index in [-0.39, 0.29) is 34.6 Å². The lowest BCUT2D eigenvalue weighted by molar-refractivity contribution is 0.172. The molecular weight excluding hydrogens is 429 g/mol. The van der Waals surface area contributed by atoms with Gasteiger partial charge >= 0.3 is 11.7 Å². The third kappa shape index (κ3) is 5.19. The Labute approximate surface area is 177 Å². The molecule has 1 amide bonds. The minimum atomic E-state index is -3.90. The number of halogens is 1. The standard InChI is InChI=1S/C20H20FN3O6S/c1-22-31(27,28)23-16-6-4-5-13(18(16)21)10-14-9-12-7-8-15(29-20(26)24(2)3)11-17(12)30-19(14)25/h4-9,11,22-23H,10H2,1-3H3. The second-order valence-electron chi connectivity index (χ2n) is 6.79. The largest absolute Gasteiger partial charge is 0.422 e. The van der Waals surface area contributed by atoms with Gasteiger partial charge in [0, 0.05) is 44.6 Å². The van der Waals surface area contributed by atoms with Gasteiger partial charge in [-0.2, -0.15) is 8.42 Å². The van der Waals surface area contributed by atoms with Crippen LogP contribution in [0.5, 0.6) is 5.75 Å². The fourth-order valence-corrected chi connectivity index (χ4v) is 3.26. The molecular formula is C20H20FN3O6S. The van der Waals surface area contributed by atoms with Crippen molar-refractivity contribution in [3.05, 3.63) is 69.8 Å². The van der Waals surface area contributed by atoms with Gasteiger partial charge in [0.25, 0.3) is 10.2 Å². The first-order chi connectivity index (χ1) is 14.6. The number of ether oxygens (including phenoxy) is 1. The van der Waals surface area contributed by atoms with Crippen molar-refractivity contribution in [2.75, 3.05) is 25.9 Å². The smallest absolute Gasteiger partial charge is 0.414 e. The maximum Gasteiger partial charge on any atom is 0.414 e. The average Bonchev–Trinajstić information content (AvgIpc) is 2.71. The molecule has 0 aliphatic carbocycles. The summed E-state index contributed by atoms with van der Waals surface area (Å²) in [4.78, 5) is 25.3. The number of amides is 1. The number of fused-ring (bicyclic) bond motifs is 1. The number of nitrogens with one attached hydrogen (secondary N) is 2. The number of nitrogens with zero attached hydrogens (tertiary/aromatic N) is 1. The molecule has 164 valence electrons. The Balaban J connectivity index is 1.91. The van der Waals surface area contributed by atoms with Gasteiger partial charge < -0.3 is 14.1 Å². The summed E-state index contributed by atoms with van der Waals surface area (Å²) in [5.74, 6) is -0.593. The number of anilines is 1. The quantitative estimate of drug-likeness (QED) is 0.558. The molecule has 0 radical (unpaired) electrons. The summed E-state index contributed by atoms with van der Waals surface area (Å²) in [7, 11) is 0.363. The molecule has 1 heterocycles. The van der Waals surface area contributed by atoms with E-state index in [1.807, 2.05) is 4.72 Å². The van der Waals surface area contributed by atoms with Crippen LogP contribution in [0.2, 0.25) is 0 Å². The highest BCUT2D eigenvalue weighted by Crippen LogP contribution is 2.24. The lowest BCUT2D eigenvalue weighted by atomic mass is 10.0. The molecule has 2 N–H and O–H groups in total. The molecule has 0 spiro atoms. The lowest BCUT2D eigenvalue weighted by Gasteiger charge is -2.11. The molecule has 1 aromatic heterocycles. The number of carbonyl (C=O) groups is 1. The van der Waals surface area contributed by atoms with E-state index in [1.54, 1.807) is 18.2 Å². The summed E-state index contributed by atoms with van der Waals surface area (Å²) in [6, 6.07) is 10.3. The molecule has 9 nitrogen and oxygen atoms in total. The van der Waals surface area contributed by atoms with Crippen LogP contribution in [0.1, 0.15) is 11.1 Å². The van der Waals surface area contributed by atoms with Crippen LogP contribution in [0.25, 0.3) is 11.0 Å². The Morgan fingerprint density at radius 2 is 1.90 bits per heavy atom. The minimum absolute atomic E-state index is 0.111. The third-order valence-electron chi connectivity index (χ3n) is 4.32. The number of benzene rings is 2. The van der Waals surface area contributed by atoms with Gasteiger partial charge in [-0.05, 0) is 29.8 Å². The first-order valence-electron chi connectivity index (χ1n) is 9.04. The van der Waals surface area contributed by atoms with E-state index in [1.165, 1.54) is 50.3 Å². The summed E-state index contributed by atoms with van der Waals surface area (Å²) in [5, 5.41) is 0.548. The van der Waals surface area contributed by atoms with Crippen LogP contribution in [-0.4, -0.2) is 40.6 Å². The zero-order valence-electron chi connectivity index (χ0n) is 16.9. The molecule has 11 heteroatoms. The van der Waals surface area contributed by atoms with E-state index in [0.29, 0.717) is 5.39 Å². The fraction of sp³-hybridized carbons (Fsp3) is 0.200. The van der Waals surface area contributed by atoms with Crippen molar-refractivity contribution < 1.29 is 26.8 Å². The van der Waals surface area contributed by atoms with Gasteiger partial charge in [-0.1, -0.05) is 12.1 Å². The minimum Gasteiger partial charge on any atom is -0.422 e. The van der Waals surface area contributed by atoms with Crippen LogP contribution >= 0.6 is 0 Å². The second kappa shape index (κ2) is 8.74. The van der Waals surface area contributed by atoms with Gasteiger partial charge in [0.15, 0.2) is 5.82 Å². The molecule has 0 aliphatic heterocycles. The van der Waals surface area contributed by atoms with Gasteiger partial charge in [0.1, 0.15) is 11.3 Å². The maximum atomic E-state index is 14.8. The monoisotopic (exact) mass is 449 g/mol. The summed E-state index contributed by atoms with van der Waals surface area (Å²) in [6.07, 6.45) is -0.695. The Morgan fingerprint density at radius 3 is 2.58 bits per heavy atom. The summed E-state index contributed by atoms with van der Waals surface area (Å²) in [6.45, 7) is 0. The molecule has 31 heavy (non-hydrogen) atoms. The lowest BCUT2D eigenvalue weighted by Crippen LogP contribution is -2.27. The van der Waals surface area contributed by atoms with Gasteiger partial charge in [0.05, 0.1) is 5.69 Å². The van der Waals surface area contributed by atoms with Crippen LogP contribution in [0, 0.1) is 5.82 Å². The third-order valence-corrected chi connectivity index (χ3v) is 5.35. The number of rotatable bonds is 6. The predicted molar refractivity (Wildman–Crippen MR) is 113 cm³/mol. The highest BCUT2D eigenvalue weighted by Gasteiger charge is 2.16. The SMILES string of the molecule is CNS(=O)(=O)Nc1cccc(Cc2cc3ccc(OC(=O)N(C)C)cc3oc2=O)c1F. The highest BCUT2D eigenvalue weighted by molar-refractivity contribution is 7.90. The maximum absolute atomic E-state index is 14.8.